The van der Waals surface area contributed by atoms with Crippen molar-refractivity contribution < 1.29 is 18.0 Å². The van der Waals surface area contributed by atoms with Gasteiger partial charge in [-0.05, 0) is 6.07 Å². The Bertz CT molecular complexity index is 351. The van der Waals surface area contributed by atoms with Gasteiger partial charge in [-0.3, -0.25) is 0 Å². The molecule has 2 nitrogen and oxygen atoms in total. The molecule has 0 saturated carbocycles. The first-order valence-corrected chi connectivity index (χ1v) is 4.67. The van der Waals surface area contributed by atoms with Crippen LogP contribution in [0.15, 0.2) is 33.9 Å². The predicted octanol–water partition coefficient (Wildman–Crippen LogP) is 3.24. The molecule has 0 aliphatic heterocycles. The van der Waals surface area contributed by atoms with Crippen LogP contribution in [0.4, 0.5) is 13.2 Å². The molecule has 0 spiro atoms. The van der Waals surface area contributed by atoms with Gasteiger partial charge in [-0.15, -0.1) is 0 Å². The lowest BCUT2D eigenvalue weighted by Gasteiger charge is -2.02. The summed E-state index contributed by atoms with van der Waals surface area (Å²) in [7, 11) is 0. The maximum atomic E-state index is 11.6. The van der Waals surface area contributed by atoms with Gasteiger partial charge in [0.15, 0.2) is 0 Å². The Balaban J connectivity index is 2.49. The fraction of sp³-hybridized carbons (Fsp3) is 0.222. The number of hydrogen-bond donors (Lipinski definition) is 0. The second kappa shape index (κ2) is 5.16. The van der Waals surface area contributed by atoms with Crippen LogP contribution in [0.1, 0.15) is 5.56 Å². The van der Waals surface area contributed by atoms with Crippen molar-refractivity contribution in [1.82, 2.24) is 0 Å². The normalized spacial score (nSPS) is 12.0. The molecule has 0 aliphatic carbocycles. The quantitative estimate of drug-likeness (QED) is 0.615. The van der Waals surface area contributed by atoms with Gasteiger partial charge in [0.25, 0.3) is 0 Å². The molecule has 6 heteroatoms. The molecule has 1 aromatic rings. The Labute approximate surface area is 92.9 Å². The first-order valence-electron chi connectivity index (χ1n) is 3.88. The Morgan fingerprint density at radius 3 is 2.60 bits per heavy atom. The standard InChI is InChI=1S/C9H6BrF3NO/c10-8-4-2-1-3-7(8)5-14-15-6-9(11,12)13/h1-4H,6H2. The molecule has 0 amide bonds. The molecule has 0 unspecified atom stereocenters. The van der Waals surface area contributed by atoms with Gasteiger partial charge in [0.05, 0.1) is 0 Å². The van der Waals surface area contributed by atoms with E-state index in [0.717, 1.165) is 0 Å². The molecule has 0 saturated heterocycles. The van der Waals surface area contributed by atoms with Crippen molar-refractivity contribution >= 4 is 22.1 Å². The van der Waals surface area contributed by atoms with Crippen LogP contribution in [0, 0.1) is 0 Å². The lowest BCUT2D eigenvalue weighted by molar-refractivity contribution is -0.173. The highest BCUT2D eigenvalue weighted by Crippen LogP contribution is 2.15. The van der Waals surface area contributed by atoms with Crippen LogP contribution in [0.25, 0.3) is 0 Å². The van der Waals surface area contributed by atoms with Crippen LogP contribution in [-0.4, -0.2) is 19.0 Å². The molecular weight excluding hydrogens is 275 g/mol. The van der Waals surface area contributed by atoms with Gasteiger partial charge >= 0.3 is 6.18 Å². The zero-order valence-electron chi connectivity index (χ0n) is 7.38. The van der Waals surface area contributed by atoms with Crippen LogP contribution < -0.4 is 0 Å². The van der Waals surface area contributed by atoms with E-state index >= 15 is 0 Å². The Morgan fingerprint density at radius 1 is 1.33 bits per heavy atom. The van der Waals surface area contributed by atoms with E-state index in [0.29, 0.717) is 10.0 Å². The van der Waals surface area contributed by atoms with Crippen LogP contribution >= 0.6 is 15.9 Å². The predicted molar refractivity (Wildman–Crippen MR) is 52.7 cm³/mol. The van der Waals surface area contributed by atoms with Crippen molar-refractivity contribution in [2.24, 2.45) is 5.16 Å². The molecule has 0 aromatic heterocycles. The van der Waals surface area contributed by atoms with E-state index in [1.54, 1.807) is 24.3 Å². The topological polar surface area (TPSA) is 21.6 Å². The third-order valence-corrected chi connectivity index (χ3v) is 2.02. The van der Waals surface area contributed by atoms with Crippen LogP contribution in [0.2, 0.25) is 0 Å². The number of halogens is 4. The second-order valence-electron chi connectivity index (χ2n) is 2.57. The molecule has 1 rings (SSSR count). The van der Waals surface area contributed by atoms with Gasteiger partial charge in [0, 0.05) is 10.0 Å². The van der Waals surface area contributed by atoms with Crippen molar-refractivity contribution in [1.29, 1.82) is 0 Å². The largest absolute Gasteiger partial charge is 0.425 e. The maximum absolute atomic E-state index is 11.6. The summed E-state index contributed by atoms with van der Waals surface area (Å²) in [5.74, 6) is 0. The molecule has 0 heterocycles. The zero-order chi connectivity index (χ0) is 11.3. The fourth-order valence-electron chi connectivity index (χ4n) is 0.739. The first kappa shape index (κ1) is 12.0. The molecule has 15 heavy (non-hydrogen) atoms. The van der Waals surface area contributed by atoms with Crippen molar-refractivity contribution in [3.05, 3.63) is 34.3 Å². The monoisotopic (exact) mass is 280 g/mol. The highest BCUT2D eigenvalue weighted by atomic mass is 79.9. The Kier molecular flexibility index (Phi) is 4.14. The number of hydrogen-bond acceptors (Lipinski definition) is 2. The minimum Gasteiger partial charge on any atom is -0.386 e. The van der Waals surface area contributed by atoms with Crippen molar-refractivity contribution in [2.75, 3.05) is 6.61 Å². The minimum atomic E-state index is -4.38. The van der Waals surface area contributed by atoms with Gasteiger partial charge in [-0.25, -0.2) is 0 Å². The van der Waals surface area contributed by atoms with E-state index < -0.39 is 12.8 Å². The number of rotatable bonds is 3. The average molecular weight is 281 g/mol. The van der Waals surface area contributed by atoms with E-state index in [9.17, 15) is 13.2 Å². The van der Waals surface area contributed by atoms with E-state index in [1.807, 2.05) is 0 Å². The molecule has 0 aliphatic rings. The van der Waals surface area contributed by atoms with E-state index in [1.165, 1.54) is 0 Å². The lowest BCUT2D eigenvalue weighted by atomic mass is 10.2. The summed E-state index contributed by atoms with van der Waals surface area (Å²) >= 11 is 3.19. The summed E-state index contributed by atoms with van der Waals surface area (Å²) in [4.78, 5) is 4.03. The highest BCUT2D eigenvalue weighted by Gasteiger charge is 2.28. The summed E-state index contributed by atoms with van der Waals surface area (Å²) in [5, 5.41) is 3.09. The molecule has 0 bridgehead atoms. The minimum absolute atomic E-state index is 0.527. The van der Waals surface area contributed by atoms with Crippen molar-refractivity contribution in [3.8, 4) is 0 Å². The smallest absolute Gasteiger partial charge is 0.386 e. The number of nitrogens with zero attached hydrogens (tertiary/aromatic N) is 1. The summed E-state index contributed by atoms with van der Waals surface area (Å²) in [6.45, 7) is -1.41. The van der Waals surface area contributed by atoms with Gasteiger partial charge in [0.1, 0.15) is 6.21 Å². The Hall–Kier alpha value is -1.04. The maximum Gasteiger partial charge on any atom is 0.425 e. The van der Waals surface area contributed by atoms with Crippen molar-refractivity contribution in [2.45, 2.75) is 6.18 Å². The molecule has 0 fully saturated rings. The lowest BCUT2D eigenvalue weighted by Crippen LogP contribution is -2.14. The Morgan fingerprint density at radius 2 is 2.00 bits per heavy atom. The van der Waals surface area contributed by atoms with Gasteiger partial charge in [-0.1, -0.05) is 39.3 Å². The third kappa shape index (κ3) is 4.83. The van der Waals surface area contributed by atoms with Gasteiger partial charge in [-0.2, -0.15) is 13.2 Å². The van der Waals surface area contributed by atoms with E-state index in [-0.39, 0.29) is 0 Å². The summed E-state index contributed by atoms with van der Waals surface area (Å²) in [6.07, 6.45) is -2.03. The molecular formula is C9H6BrF3NO. The van der Waals surface area contributed by atoms with Crippen LogP contribution in [0.5, 0.6) is 0 Å². The molecule has 0 atom stereocenters. The number of alkyl halides is 3. The summed E-state index contributed by atoms with van der Waals surface area (Å²) < 4.78 is 35.6. The van der Waals surface area contributed by atoms with Crippen LogP contribution in [0.3, 0.4) is 0 Å². The van der Waals surface area contributed by atoms with Crippen molar-refractivity contribution in [3.63, 3.8) is 0 Å². The van der Waals surface area contributed by atoms with Gasteiger partial charge < -0.3 is 4.84 Å². The molecule has 1 aromatic carbocycles. The third-order valence-electron chi connectivity index (χ3n) is 1.33. The molecule has 1 radical (unpaired) electrons. The van der Waals surface area contributed by atoms with E-state index in [2.05, 4.69) is 32.1 Å². The molecule has 81 valence electrons. The zero-order valence-corrected chi connectivity index (χ0v) is 8.97. The number of benzene rings is 1. The summed E-state index contributed by atoms with van der Waals surface area (Å²) in [5.41, 5.74) is 0.527. The van der Waals surface area contributed by atoms with E-state index in [4.69, 9.17) is 0 Å². The average Bonchev–Trinajstić information content (AvgIpc) is 2.13. The van der Waals surface area contributed by atoms with Gasteiger partial charge in [0.2, 0.25) is 6.61 Å². The summed E-state index contributed by atoms with van der Waals surface area (Å²) in [6, 6.07) is 6.85. The first-order chi connectivity index (χ1) is 6.99. The fourth-order valence-corrected chi connectivity index (χ4v) is 1.11. The van der Waals surface area contributed by atoms with Crippen LogP contribution in [-0.2, 0) is 4.84 Å². The SMILES string of the molecule is FC(F)(F)CO/N=[C]\c1ccccc1Br. The second-order valence-corrected chi connectivity index (χ2v) is 3.43. The molecule has 0 N–H and O–H groups in total. The highest BCUT2D eigenvalue weighted by molar-refractivity contribution is 9.10.